The lowest BCUT2D eigenvalue weighted by Gasteiger charge is -2.38. The molecule has 3 rings (SSSR count). The number of aromatic nitrogens is 3. The highest BCUT2D eigenvalue weighted by molar-refractivity contribution is 5.22. The largest absolute Gasteiger partial charge is 0.392 e. The second-order valence-electron chi connectivity index (χ2n) is 7.00. The third-order valence-electron chi connectivity index (χ3n) is 4.68. The fourth-order valence-corrected chi connectivity index (χ4v) is 3.22. The van der Waals surface area contributed by atoms with Crippen molar-refractivity contribution in [2.45, 2.75) is 51.5 Å². The normalized spacial score (nSPS) is 22.2. The van der Waals surface area contributed by atoms with Gasteiger partial charge in [0.15, 0.2) is 0 Å². The molecule has 2 heterocycles. The SMILES string of the molecule is CC(C)n1cc([C@@]2(O)CCCN(Cc3ccc(CO)cc3)C2)nn1. The number of piperidine rings is 1. The van der Waals surface area contributed by atoms with E-state index in [0.717, 1.165) is 25.1 Å². The molecule has 0 saturated carbocycles. The Morgan fingerprint density at radius 1 is 1.21 bits per heavy atom. The maximum Gasteiger partial charge on any atom is 0.123 e. The molecule has 2 aromatic rings. The van der Waals surface area contributed by atoms with Crippen LogP contribution in [0.5, 0.6) is 0 Å². The Morgan fingerprint density at radius 3 is 2.54 bits per heavy atom. The van der Waals surface area contributed by atoms with Gasteiger partial charge in [0.1, 0.15) is 11.3 Å². The molecule has 1 aliphatic rings. The predicted octanol–water partition coefficient (Wildman–Crippen LogP) is 1.83. The van der Waals surface area contributed by atoms with Crippen molar-refractivity contribution in [1.82, 2.24) is 19.9 Å². The highest BCUT2D eigenvalue weighted by atomic mass is 16.3. The number of β-amino-alcohol motifs (C(OH)–C–C–N with tert-alkyl or cyclic N) is 1. The first-order valence-electron chi connectivity index (χ1n) is 8.56. The van der Waals surface area contributed by atoms with Gasteiger partial charge in [0, 0.05) is 19.1 Å². The first-order chi connectivity index (χ1) is 11.5. The third-order valence-corrected chi connectivity index (χ3v) is 4.68. The topological polar surface area (TPSA) is 74.4 Å². The van der Waals surface area contributed by atoms with E-state index < -0.39 is 5.60 Å². The fourth-order valence-electron chi connectivity index (χ4n) is 3.22. The number of rotatable bonds is 5. The van der Waals surface area contributed by atoms with E-state index in [1.165, 1.54) is 5.56 Å². The summed E-state index contributed by atoms with van der Waals surface area (Å²) >= 11 is 0. The molecule has 0 bridgehead atoms. The molecule has 0 amide bonds. The van der Waals surface area contributed by atoms with Gasteiger partial charge in [0.2, 0.25) is 0 Å². The van der Waals surface area contributed by atoms with Gasteiger partial charge in [-0.15, -0.1) is 5.10 Å². The molecule has 130 valence electrons. The molecule has 0 spiro atoms. The van der Waals surface area contributed by atoms with E-state index in [1.54, 1.807) is 4.68 Å². The lowest BCUT2D eigenvalue weighted by atomic mass is 9.89. The van der Waals surface area contributed by atoms with Gasteiger partial charge in [0.25, 0.3) is 0 Å². The molecule has 6 nitrogen and oxygen atoms in total. The summed E-state index contributed by atoms with van der Waals surface area (Å²) in [6.45, 7) is 6.47. The number of likely N-dealkylation sites (tertiary alicyclic amines) is 1. The van der Waals surface area contributed by atoms with Crippen LogP contribution >= 0.6 is 0 Å². The van der Waals surface area contributed by atoms with E-state index in [9.17, 15) is 5.11 Å². The molecule has 1 fully saturated rings. The molecule has 1 aromatic heterocycles. The van der Waals surface area contributed by atoms with Crippen LogP contribution in [0.25, 0.3) is 0 Å². The number of aliphatic hydroxyl groups excluding tert-OH is 1. The van der Waals surface area contributed by atoms with E-state index >= 15 is 0 Å². The third kappa shape index (κ3) is 3.66. The first kappa shape index (κ1) is 17.1. The number of benzene rings is 1. The molecule has 1 aliphatic heterocycles. The first-order valence-corrected chi connectivity index (χ1v) is 8.56. The van der Waals surface area contributed by atoms with Gasteiger partial charge < -0.3 is 10.2 Å². The highest BCUT2D eigenvalue weighted by Gasteiger charge is 2.37. The zero-order valence-electron chi connectivity index (χ0n) is 14.4. The average molecular weight is 330 g/mol. The summed E-state index contributed by atoms with van der Waals surface area (Å²) in [5.74, 6) is 0. The zero-order chi connectivity index (χ0) is 17.2. The number of aliphatic hydroxyl groups is 2. The van der Waals surface area contributed by atoms with E-state index in [4.69, 9.17) is 5.11 Å². The molecular weight excluding hydrogens is 304 g/mol. The Labute approximate surface area is 142 Å². The van der Waals surface area contributed by atoms with Crippen molar-refractivity contribution in [3.8, 4) is 0 Å². The Kier molecular flexibility index (Phi) is 4.99. The Balaban J connectivity index is 1.70. The minimum Gasteiger partial charge on any atom is -0.392 e. The molecule has 0 unspecified atom stereocenters. The van der Waals surface area contributed by atoms with Crippen LogP contribution in [0.3, 0.4) is 0 Å². The van der Waals surface area contributed by atoms with Crippen LogP contribution < -0.4 is 0 Å². The van der Waals surface area contributed by atoms with Crippen molar-refractivity contribution in [3.63, 3.8) is 0 Å². The second-order valence-corrected chi connectivity index (χ2v) is 7.00. The quantitative estimate of drug-likeness (QED) is 0.875. The van der Waals surface area contributed by atoms with Crippen molar-refractivity contribution in [2.24, 2.45) is 0 Å². The average Bonchev–Trinajstić information content (AvgIpc) is 3.07. The standard InChI is InChI=1S/C18H26N4O2/c1-14(2)22-11-17(19-20-22)18(24)8-3-9-21(13-18)10-15-4-6-16(12-23)7-5-15/h4-7,11,14,23-24H,3,8-10,12-13H2,1-2H3/t18-/m1/s1. The summed E-state index contributed by atoms with van der Waals surface area (Å²) in [4.78, 5) is 2.26. The molecule has 1 atom stereocenters. The van der Waals surface area contributed by atoms with Gasteiger partial charge in [0.05, 0.1) is 12.8 Å². The van der Waals surface area contributed by atoms with Gasteiger partial charge in [-0.1, -0.05) is 29.5 Å². The van der Waals surface area contributed by atoms with Crippen molar-refractivity contribution in [3.05, 3.63) is 47.3 Å². The molecule has 24 heavy (non-hydrogen) atoms. The summed E-state index contributed by atoms with van der Waals surface area (Å²) in [5.41, 5.74) is 1.83. The van der Waals surface area contributed by atoms with Gasteiger partial charge in [-0.25, -0.2) is 4.68 Å². The van der Waals surface area contributed by atoms with Crippen LogP contribution in [0.2, 0.25) is 0 Å². The summed E-state index contributed by atoms with van der Waals surface area (Å²) in [7, 11) is 0. The summed E-state index contributed by atoms with van der Waals surface area (Å²) in [5, 5.41) is 28.5. The van der Waals surface area contributed by atoms with E-state index in [0.29, 0.717) is 18.7 Å². The smallest absolute Gasteiger partial charge is 0.123 e. The van der Waals surface area contributed by atoms with Crippen molar-refractivity contribution in [1.29, 1.82) is 0 Å². The molecule has 2 N–H and O–H groups in total. The van der Waals surface area contributed by atoms with Gasteiger partial charge in [-0.05, 0) is 44.4 Å². The Hall–Kier alpha value is -1.76. The van der Waals surface area contributed by atoms with Crippen molar-refractivity contribution in [2.75, 3.05) is 13.1 Å². The summed E-state index contributed by atoms with van der Waals surface area (Å²) in [6.07, 6.45) is 3.51. The molecule has 0 radical (unpaired) electrons. The van der Waals surface area contributed by atoms with Crippen LogP contribution in [0.4, 0.5) is 0 Å². The molecule has 6 heteroatoms. The zero-order valence-corrected chi connectivity index (χ0v) is 14.4. The fraction of sp³-hybridized carbons (Fsp3) is 0.556. The van der Waals surface area contributed by atoms with E-state index in [-0.39, 0.29) is 12.6 Å². The molecule has 1 aromatic carbocycles. The van der Waals surface area contributed by atoms with Crippen LogP contribution in [0.15, 0.2) is 30.5 Å². The highest BCUT2D eigenvalue weighted by Crippen LogP contribution is 2.31. The van der Waals surface area contributed by atoms with E-state index in [1.807, 2.05) is 44.3 Å². The predicted molar refractivity (Wildman–Crippen MR) is 91.2 cm³/mol. The van der Waals surface area contributed by atoms with Crippen molar-refractivity contribution < 1.29 is 10.2 Å². The van der Waals surface area contributed by atoms with Crippen LogP contribution in [0.1, 0.15) is 49.6 Å². The maximum atomic E-state index is 11.1. The Morgan fingerprint density at radius 2 is 1.92 bits per heavy atom. The monoisotopic (exact) mass is 330 g/mol. The van der Waals surface area contributed by atoms with Gasteiger partial charge in [-0.2, -0.15) is 0 Å². The lowest BCUT2D eigenvalue weighted by molar-refractivity contribution is -0.0414. The summed E-state index contributed by atoms with van der Waals surface area (Å²) < 4.78 is 1.79. The Bertz CT molecular complexity index is 668. The maximum absolute atomic E-state index is 11.1. The number of hydrogen-bond donors (Lipinski definition) is 2. The minimum absolute atomic E-state index is 0.0647. The second kappa shape index (κ2) is 7.01. The minimum atomic E-state index is -0.934. The molecule has 0 aliphatic carbocycles. The lowest BCUT2D eigenvalue weighted by Crippen LogP contribution is -2.45. The molecular formula is C18H26N4O2. The number of hydrogen-bond acceptors (Lipinski definition) is 5. The van der Waals surface area contributed by atoms with Gasteiger partial charge >= 0.3 is 0 Å². The van der Waals surface area contributed by atoms with Crippen molar-refractivity contribution >= 4 is 0 Å². The van der Waals surface area contributed by atoms with Gasteiger partial charge in [-0.3, -0.25) is 4.90 Å². The van der Waals surface area contributed by atoms with E-state index in [2.05, 4.69) is 15.2 Å². The van der Waals surface area contributed by atoms with Crippen LogP contribution in [-0.4, -0.2) is 43.2 Å². The summed E-state index contributed by atoms with van der Waals surface area (Å²) in [6, 6.07) is 8.20. The van der Waals surface area contributed by atoms with Crippen LogP contribution in [0, 0.1) is 0 Å². The van der Waals surface area contributed by atoms with Crippen LogP contribution in [-0.2, 0) is 18.8 Å². The number of nitrogens with zero attached hydrogens (tertiary/aromatic N) is 4. The molecule has 1 saturated heterocycles.